The van der Waals surface area contributed by atoms with Crippen molar-refractivity contribution < 1.29 is 8.42 Å². The molecule has 1 aliphatic carbocycles. The first kappa shape index (κ1) is 16.2. The maximum atomic E-state index is 11.5. The first-order chi connectivity index (χ1) is 9.17. The van der Waals surface area contributed by atoms with Gasteiger partial charge in [-0.15, -0.1) is 0 Å². The Kier molecular flexibility index (Phi) is 4.82. The molecule has 2 rings (SSSR count). The smallest absolute Gasteiger partial charge is 0.211 e. The predicted molar refractivity (Wildman–Crippen MR) is 83.1 cm³/mol. The highest BCUT2D eigenvalue weighted by Gasteiger charge is 2.36. The maximum Gasteiger partial charge on any atom is 0.211 e. The molecule has 2 unspecified atom stereocenters. The van der Waals surface area contributed by atoms with Crippen LogP contribution in [0.2, 0.25) is 0 Å². The van der Waals surface area contributed by atoms with E-state index in [4.69, 9.17) is 0 Å². The third kappa shape index (κ3) is 4.18. The van der Waals surface area contributed by atoms with E-state index in [2.05, 4.69) is 26.1 Å². The molecule has 2 atom stereocenters. The Bertz CT molecular complexity index is 425. The van der Waals surface area contributed by atoms with E-state index in [1.807, 2.05) is 0 Å². The number of nitrogens with one attached hydrogen (secondary N) is 1. The Morgan fingerprint density at radius 2 is 1.80 bits per heavy atom. The van der Waals surface area contributed by atoms with Crippen molar-refractivity contribution in [2.75, 3.05) is 25.9 Å². The summed E-state index contributed by atoms with van der Waals surface area (Å²) in [7, 11) is -2.99. The highest BCUT2D eigenvalue weighted by Crippen LogP contribution is 2.40. The second-order valence-corrected chi connectivity index (χ2v) is 9.65. The average molecular weight is 302 g/mol. The monoisotopic (exact) mass is 302 g/mol. The first-order valence-electron chi connectivity index (χ1n) is 7.86. The highest BCUT2D eigenvalue weighted by atomic mass is 32.2. The molecule has 0 aromatic rings. The molecular formula is C15H30N2O2S. The largest absolute Gasteiger partial charge is 0.313 e. The fourth-order valence-corrected chi connectivity index (χ4v) is 4.80. The molecule has 0 aromatic heterocycles. The van der Waals surface area contributed by atoms with E-state index in [1.165, 1.54) is 19.1 Å². The van der Waals surface area contributed by atoms with Gasteiger partial charge < -0.3 is 5.32 Å². The summed E-state index contributed by atoms with van der Waals surface area (Å²) in [5.41, 5.74) is 0.469. The van der Waals surface area contributed by atoms with Gasteiger partial charge in [0.1, 0.15) is 0 Å². The summed E-state index contributed by atoms with van der Waals surface area (Å²) >= 11 is 0. The number of rotatable bonds is 4. The fourth-order valence-electron chi connectivity index (χ4n) is 3.93. The average Bonchev–Trinajstić information content (AvgIpc) is 2.59. The molecule has 1 aliphatic heterocycles. The van der Waals surface area contributed by atoms with Gasteiger partial charge in [0, 0.05) is 19.1 Å². The molecule has 0 spiro atoms. The first-order valence-corrected chi connectivity index (χ1v) is 9.71. The molecule has 0 amide bonds. The van der Waals surface area contributed by atoms with Crippen LogP contribution in [0.15, 0.2) is 0 Å². The van der Waals surface area contributed by atoms with Crippen LogP contribution in [0.1, 0.15) is 46.5 Å². The van der Waals surface area contributed by atoms with Gasteiger partial charge in [-0.2, -0.15) is 0 Å². The predicted octanol–water partition coefficient (Wildman–Crippen LogP) is 2.07. The molecule has 0 aromatic carbocycles. The minimum atomic E-state index is -2.99. The van der Waals surface area contributed by atoms with E-state index in [1.54, 1.807) is 4.31 Å². The lowest BCUT2D eigenvalue weighted by Crippen LogP contribution is -2.42. The van der Waals surface area contributed by atoms with E-state index in [0.717, 1.165) is 25.3 Å². The quantitative estimate of drug-likeness (QED) is 0.865. The molecule has 0 radical (unpaired) electrons. The van der Waals surface area contributed by atoms with Gasteiger partial charge in [0.05, 0.1) is 6.26 Å². The summed E-state index contributed by atoms with van der Waals surface area (Å²) in [6.45, 7) is 9.49. The van der Waals surface area contributed by atoms with Crippen LogP contribution in [0.4, 0.5) is 0 Å². The third-order valence-electron chi connectivity index (χ3n) is 5.05. The van der Waals surface area contributed by atoms with Crippen molar-refractivity contribution in [2.24, 2.45) is 17.3 Å². The minimum absolute atomic E-state index is 0.469. The van der Waals surface area contributed by atoms with Gasteiger partial charge in [-0.3, -0.25) is 0 Å². The van der Waals surface area contributed by atoms with Crippen LogP contribution in [0.25, 0.3) is 0 Å². The Hall–Kier alpha value is -0.130. The number of hydrogen-bond donors (Lipinski definition) is 1. The lowest BCUT2D eigenvalue weighted by Gasteiger charge is -2.31. The van der Waals surface area contributed by atoms with E-state index in [-0.39, 0.29) is 0 Å². The second kappa shape index (κ2) is 5.93. The topological polar surface area (TPSA) is 49.4 Å². The van der Waals surface area contributed by atoms with Crippen molar-refractivity contribution in [3.63, 3.8) is 0 Å². The number of hydrogen-bond acceptors (Lipinski definition) is 3. The summed E-state index contributed by atoms with van der Waals surface area (Å²) < 4.78 is 24.6. The zero-order chi connectivity index (χ0) is 15.0. The molecule has 118 valence electrons. The van der Waals surface area contributed by atoms with Gasteiger partial charge in [0.15, 0.2) is 0 Å². The van der Waals surface area contributed by atoms with Gasteiger partial charge in [-0.25, -0.2) is 12.7 Å². The van der Waals surface area contributed by atoms with Crippen molar-refractivity contribution in [1.82, 2.24) is 9.62 Å². The second-order valence-electron chi connectivity index (χ2n) is 7.67. The number of piperidine rings is 1. The van der Waals surface area contributed by atoms with Gasteiger partial charge in [0.25, 0.3) is 0 Å². The third-order valence-corrected chi connectivity index (χ3v) is 6.35. The molecule has 1 heterocycles. The van der Waals surface area contributed by atoms with E-state index in [9.17, 15) is 8.42 Å². The van der Waals surface area contributed by atoms with Gasteiger partial charge in [0.2, 0.25) is 10.0 Å². The molecule has 0 bridgehead atoms. The zero-order valence-corrected chi connectivity index (χ0v) is 14.2. The van der Waals surface area contributed by atoms with Gasteiger partial charge in [-0.05, 0) is 49.5 Å². The van der Waals surface area contributed by atoms with Crippen molar-refractivity contribution in [3.05, 3.63) is 0 Å². The van der Waals surface area contributed by atoms with Crippen LogP contribution in [0, 0.1) is 17.3 Å². The molecule has 1 saturated heterocycles. The van der Waals surface area contributed by atoms with Gasteiger partial charge in [-0.1, -0.05) is 20.8 Å². The molecule has 20 heavy (non-hydrogen) atoms. The number of sulfonamides is 1. The molecule has 4 nitrogen and oxygen atoms in total. The van der Waals surface area contributed by atoms with Crippen molar-refractivity contribution >= 4 is 10.0 Å². The van der Waals surface area contributed by atoms with Crippen LogP contribution in [0.3, 0.4) is 0 Å². The Morgan fingerprint density at radius 1 is 1.20 bits per heavy atom. The van der Waals surface area contributed by atoms with Crippen molar-refractivity contribution in [2.45, 2.75) is 52.5 Å². The van der Waals surface area contributed by atoms with Crippen LogP contribution >= 0.6 is 0 Å². The summed E-state index contributed by atoms with van der Waals surface area (Å²) in [4.78, 5) is 0. The Labute approximate surface area is 124 Å². The lowest BCUT2D eigenvalue weighted by molar-refractivity contribution is 0.256. The SMILES string of the molecule is CC1CC(C)(C)CC1NCC1CCN(S(C)(=O)=O)CC1. The van der Waals surface area contributed by atoms with E-state index < -0.39 is 10.0 Å². The van der Waals surface area contributed by atoms with Crippen LogP contribution in [-0.2, 0) is 10.0 Å². The normalized spacial score (nSPS) is 32.6. The molecule has 2 aliphatic rings. The number of nitrogens with zero attached hydrogens (tertiary/aromatic N) is 1. The standard InChI is InChI=1S/C15H30N2O2S/c1-12-9-15(2,3)10-14(12)16-11-13-5-7-17(8-6-13)20(4,18)19/h12-14,16H,5-11H2,1-4H3. The molecule has 5 heteroatoms. The summed E-state index contributed by atoms with van der Waals surface area (Å²) in [6.07, 6.45) is 5.86. The van der Waals surface area contributed by atoms with E-state index >= 15 is 0 Å². The highest BCUT2D eigenvalue weighted by molar-refractivity contribution is 7.88. The summed E-state index contributed by atoms with van der Waals surface area (Å²) in [5.74, 6) is 1.38. The maximum absolute atomic E-state index is 11.5. The van der Waals surface area contributed by atoms with Crippen LogP contribution in [-0.4, -0.2) is 44.7 Å². The molecule has 1 N–H and O–H groups in total. The summed E-state index contributed by atoms with van der Waals surface area (Å²) in [5, 5.41) is 3.74. The molecular weight excluding hydrogens is 272 g/mol. The zero-order valence-electron chi connectivity index (χ0n) is 13.4. The van der Waals surface area contributed by atoms with Crippen molar-refractivity contribution in [3.8, 4) is 0 Å². The summed E-state index contributed by atoms with van der Waals surface area (Å²) in [6, 6.07) is 0.637. The fraction of sp³-hybridized carbons (Fsp3) is 1.00. The van der Waals surface area contributed by atoms with Gasteiger partial charge >= 0.3 is 0 Å². The lowest BCUT2D eigenvalue weighted by atomic mass is 9.91. The van der Waals surface area contributed by atoms with Crippen LogP contribution < -0.4 is 5.32 Å². The molecule has 2 fully saturated rings. The Morgan fingerprint density at radius 3 is 2.25 bits per heavy atom. The van der Waals surface area contributed by atoms with Crippen molar-refractivity contribution in [1.29, 1.82) is 0 Å². The van der Waals surface area contributed by atoms with Crippen LogP contribution in [0.5, 0.6) is 0 Å². The minimum Gasteiger partial charge on any atom is -0.313 e. The van der Waals surface area contributed by atoms with E-state index in [0.29, 0.717) is 30.5 Å². The Balaban J connectivity index is 1.74. The molecule has 1 saturated carbocycles.